The van der Waals surface area contributed by atoms with E-state index in [9.17, 15) is 19.2 Å². The molecule has 0 unspecified atom stereocenters. The first-order chi connectivity index (χ1) is 19.2. The van der Waals surface area contributed by atoms with Crippen LogP contribution in [0.1, 0.15) is 110 Å². The maximum atomic E-state index is 12.6. The molecule has 1 fully saturated rings. The van der Waals surface area contributed by atoms with Gasteiger partial charge in [-0.25, -0.2) is 0 Å². The van der Waals surface area contributed by atoms with Crippen LogP contribution >= 0.6 is 0 Å². The van der Waals surface area contributed by atoms with E-state index in [-0.39, 0.29) is 49.3 Å². The summed E-state index contributed by atoms with van der Waals surface area (Å²) in [6, 6.07) is 3.79. The minimum atomic E-state index is -0.993. The molecule has 40 heavy (non-hydrogen) atoms. The van der Waals surface area contributed by atoms with Gasteiger partial charge in [-0.15, -0.1) is 0 Å². The van der Waals surface area contributed by atoms with Crippen LogP contribution in [-0.2, 0) is 35.1 Å². The van der Waals surface area contributed by atoms with Gasteiger partial charge >= 0.3 is 23.9 Å². The zero-order valence-corrected chi connectivity index (χ0v) is 24.4. The van der Waals surface area contributed by atoms with E-state index in [4.69, 9.17) is 24.7 Å². The zero-order valence-electron chi connectivity index (χ0n) is 24.4. The number of carbonyl (C=O) groups is 4. The van der Waals surface area contributed by atoms with Gasteiger partial charge in [-0.2, -0.15) is 0 Å². The van der Waals surface area contributed by atoms with Gasteiger partial charge in [-0.05, 0) is 56.7 Å². The maximum absolute atomic E-state index is 12.6. The molecule has 1 aromatic rings. The first-order valence-corrected chi connectivity index (χ1v) is 14.9. The predicted octanol–water partition coefficient (Wildman–Crippen LogP) is 5.58. The summed E-state index contributed by atoms with van der Waals surface area (Å²) in [6.07, 6.45) is 10.1. The standard InChI is InChI=1S/C31H47NO8/c1-4-6-9-15-28(33)39-26-18-17-23(20-27(26)40-29(34)16-10-7-5-2)19-25(32)31(36)38-22(3)21-37-30(35)24-13-11-8-12-14-24/h17-18,20,22,24-25H,4-16,19,21,32H2,1-3H3/t22-,25-/m0/s1. The quantitative estimate of drug-likeness (QED) is 0.147. The lowest BCUT2D eigenvalue weighted by molar-refractivity contribution is -0.161. The molecular formula is C31H47NO8. The Morgan fingerprint density at radius 1 is 0.875 bits per heavy atom. The van der Waals surface area contributed by atoms with Crippen molar-refractivity contribution in [3.63, 3.8) is 0 Å². The number of ether oxygens (including phenoxy) is 4. The van der Waals surface area contributed by atoms with E-state index in [0.29, 0.717) is 18.4 Å². The lowest BCUT2D eigenvalue weighted by atomic mass is 9.89. The molecule has 2 rings (SSSR count). The predicted molar refractivity (Wildman–Crippen MR) is 151 cm³/mol. The lowest BCUT2D eigenvalue weighted by Gasteiger charge is -2.22. The Morgan fingerprint density at radius 2 is 1.48 bits per heavy atom. The van der Waals surface area contributed by atoms with Crippen LogP contribution < -0.4 is 15.2 Å². The van der Waals surface area contributed by atoms with Gasteiger partial charge in [-0.3, -0.25) is 19.2 Å². The Kier molecular flexibility index (Phi) is 15.3. The van der Waals surface area contributed by atoms with E-state index in [1.54, 1.807) is 25.1 Å². The molecular weight excluding hydrogens is 514 g/mol. The molecule has 0 aromatic heterocycles. The van der Waals surface area contributed by atoms with Crippen LogP contribution in [0.3, 0.4) is 0 Å². The Hall–Kier alpha value is -2.94. The van der Waals surface area contributed by atoms with Crippen molar-refractivity contribution in [2.75, 3.05) is 6.61 Å². The van der Waals surface area contributed by atoms with Crippen molar-refractivity contribution < 1.29 is 38.1 Å². The largest absolute Gasteiger partial charge is 0.462 e. The molecule has 0 amide bonds. The Morgan fingerprint density at radius 3 is 2.08 bits per heavy atom. The Bertz CT molecular complexity index is 957. The van der Waals surface area contributed by atoms with Gasteiger partial charge in [0.05, 0.1) is 5.92 Å². The molecule has 0 bridgehead atoms. The topological polar surface area (TPSA) is 131 Å². The summed E-state index contributed by atoms with van der Waals surface area (Å²) in [5.41, 5.74) is 6.73. The zero-order chi connectivity index (χ0) is 29.3. The average molecular weight is 562 g/mol. The van der Waals surface area contributed by atoms with Gasteiger partial charge < -0.3 is 24.7 Å². The molecule has 1 saturated carbocycles. The van der Waals surface area contributed by atoms with Gasteiger partial charge in [0.15, 0.2) is 11.5 Å². The molecule has 1 aliphatic carbocycles. The summed E-state index contributed by atoms with van der Waals surface area (Å²) < 4.78 is 21.8. The number of carbonyl (C=O) groups excluding carboxylic acids is 4. The van der Waals surface area contributed by atoms with E-state index in [2.05, 4.69) is 0 Å². The number of esters is 4. The van der Waals surface area contributed by atoms with Crippen LogP contribution in [0.5, 0.6) is 11.5 Å². The number of benzene rings is 1. The van der Waals surface area contributed by atoms with Gasteiger partial charge in [0.25, 0.3) is 0 Å². The van der Waals surface area contributed by atoms with Crippen LogP contribution in [0, 0.1) is 5.92 Å². The summed E-state index contributed by atoms with van der Waals surface area (Å²) >= 11 is 0. The highest BCUT2D eigenvalue weighted by molar-refractivity contribution is 5.77. The third-order valence-corrected chi connectivity index (χ3v) is 6.90. The molecule has 9 heteroatoms. The van der Waals surface area contributed by atoms with Crippen molar-refractivity contribution in [3.8, 4) is 11.5 Å². The normalized spacial score (nSPS) is 15.1. The molecule has 2 N–H and O–H groups in total. The van der Waals surface area contributed by atoms with E-state index in [0.717, 1.165) is 57.8 Å². The minimum Gasteiger partial charge on any atom is -0.462 e. The second-order valence-electron chi connectivity index (χ2n) is 10.7. The molecule has 0 spiro atoms. The van der Waals surface area contributed by atoms with Crippen molar-refractivity contribution in [1.82, 2.24) is 0 Å². The highest BCUT2D eigenvalue weighted by Gasteiger charge is 2.25. The molecule has 224 valence electrons. The molecule has 0 radical (unpaired) electrons. The highest BCUT2D eigenvalue weighted by Crippen LogP contribution is 2.30. The molecule has 0 heterocycles. The van der Waals surface area contributed by atoms with Crippen molar-refractivity contribution in [2.45, 2.75) is 123 Å². The monoisotopic (exact) mass is 561 g/mol. The molecule has 0 aliphatic heterocycles. The minimum absolute atomic E-state index is 0.0236. The van der Waals surface area contributed by atoms with Crippen molar-refractivity contribution in [3.05, 3.63) is 23.8 Å². The fourth-order valence-corrected chi connectivity index (χ4v) is 4.54. The fraction of sp³-hybridized carbons (Fsp3) is 0.677. The second kappa shape index (κ2) is 18.4. The van der Waals surface area contributed by atoms with Gasteiger partial charge in [0, 0.05) is 12.8 Å². The fourth-order valence-electron chi connectivity index (χ4n) is 4.54. The molecule has 9 nitrogen and oxygen atoms in total. The van der Waals surface area contributed by atoms with Crippen molar-refractivity contribution >= 4 is 23.9 Å². The number of hydrogen-bond acceptors (Lipinski definition) is 9. The van der Waals surface area contributed by atoms with Crippen LogP contribution in [0.4, 0.5) is 0 Å². The van der Waals surface area contributed by atoms with Crippen molar-refractivity contribution in [2.24, 2.45) is 11.7 Å². The van der Waals surface area contributed by atoms with Gasteiger partial charge in [0.2, 0.25) is 0 Å². The van der Waals surface area contributed by atoms with E-state index >= 15 is 0 Å². The number of rotatable bonds is 17. The summed E-state index contributed by atoms with van der Waals surface area (Å²) in [7, 11) is 0. The maximum Gasteiger partial charge on any atom is 0.323 e. The second-order valence-corrected chi connectivity index (χ2v) is 10.7. The summed E-state index contributed by atoms with van der Waals surface area (Å²) in [5.74, 6) is -1.50. The van der Waals surface area contributed by atoms with Crippen LogP contribution in [-0.4, -0.2) is 42.6 Å². The third-order valence-electron chi connectivity index (χ3n) is 6.90. The average Bonchev–Trinajstić information content (AvgIpc) is 2.93. The summed E-state index contributed by atoms with van der Waals surface area (Å²) in [4.78, 5) is 49.6. The van der Waals surface area contributed by atoms with Crippen LogP contribution in [0.15, 0.2) is 18.2 Å². The number of hydrogen-bond donors (Lipinski definition) is 1. The van der Waals surface area contributed by atoms with Crippen LogP contribution in [0.2, 0.25) is 0 Å². The van der Waals surface area contributed by atoms with E-state index in [1.807, 2.05) is 13.8 Å². The SMILES string of the molecule is CCCCCC(=O)Oc1ccc(C[C@H](N)C(=O)O[C@@H](C)COC(=O)C2CCCCC2)cc1OC(=O)CCCCC. The van der Waals surface area contributed by atoms with E-state index < -0.39 is 30.1 Å². The summed E-state index contributed by atoms with van der Waals surface area (Å²) in [5, 5.41) is 0. The Balaban J connectivity index is 1.96. The molecule has 1 aromatic carbocycles. The number of nitrogens with two attached hydrogens (primary N) is 1. The number of unbranched alkanes of at least 4 members (excludes halogenated alkanes) is 4. The van der Waals surface area contributed by atoms with Gasteiger partial charge in [0.1, 0.15) is 18.8 Å². The van der Waals surface area contributed by atoms with Crippen molar-refractivity contribution in [1.29, 1.82) is 0 Å². The lowest BCUT2D eigenvalue weighted by Crippen LogP contribution is -2.37. The Labute approximate surface area is 238 Å². The molecule has 1 aliphatic rings. The van der Waals surface area contributed by atoms with Gasteiger partial charge in [-0.1, -0.05) is 64.9 Å². The molecule has 0 saturated heterocycles. The van der Waals surface area contributed by atoms with Crippen LogP contribution in [0.25, 0.3) is 0 Å². The summed E-state index contributed by atoms with van der Waals surface area (Å²) in [6.45, 7) is 5.72. The molecule has 2 atom stereocenters. The highest BCUT2D eigenvalue weighted by atomic mass is 16.6. The smallest absolute Gasteiger partial charge is 0.323 e. The first-order valence-electron chi connectivity index (χ1n) is 14.9. The van der Waals surface area contributed by atoms with E-state index in [1.165, 1.54) is 0 Å². The third kappa shape index (κ3) is 12.5. The first kappa shape index (κ1) is 33.3.